The maximum Gasteiger partial charge on any atom is 0.318 e. The van der Waals surface area contributed by atoms with Crippen LogP contribution in [0.15, 0.2) is 36.7 Å². The third-order valence-electron chi connectivity index (χ3n) is 10.6. The van der Waals surface area contributed by atoms with Gasteiger partial charge in [-0.15, -0.1) is 0 Å². The number of amides is 1. The molecule has 0 spiro atoms. The topological polar surface area (TPSA) is 82.3 Å². The van der Waals surface area contributed by atoms with E-state index in [2.05, 4.69) is 51.3 Å². The number of fused-ring (bicyclic) bond motifs is 1. The summed E-state index contributed by atoms with van der Waals surface area (Å²) in [5.41, 5.74) is 3.38. The van der Waals surface area contributed by atoms with E-state index >= 15 is 0 Å². The molecule has 1 aliphatic heterocycles. The van der Waals surface area contributed by atoms with Gasteiger partial charge in [-0.25, -0.2) is 4.39 Å². The Morgan fingerprint density at radius 2 is 1.78 bits per heavy atom. The lowest BCUT2D eigenvalue weighted by atomic mass is 9.76. The summed E-state index contributed by atoms with van der Waals surface area (Å²) in [5.74, 6) is -0.314. The molecule has 0 bridgehead atoms. The van der Waals surface area contributed by atoms with E-state index in [-0.39, 0.29) is 24.3 Å². The smallest absolute Gasteiger partial charge is 0.318 e. The first-order valence-corrected chi connectivity index (χ1v) is 19.5. The molecule has 2 heterocycles. The predicted octanol–water partition coefficient (Wildman–Crippen LogP) is 10.6. The van der Waals surface area contributed by atoms with E-state index in [9.17, 15) is 18.8 Å². The molecule has 2 unspecified atom stereocenters. The number of nitriles is 1. The first-order chi connectivity index (χ1) is 24.7. The Kier molecular flexibility index (Phi) is 19.5. The molecule has 1 fully saturated rings. The first kappa shape index (κ1) is 43.9. The number of rotatable bonds is 16. The van der Waals surface area contributed by atoms with E-state index in [1.165, 1.54) is 10.5 Å². The average molecular weight is 730 g/mol. The number of carbonyl (C=O) groups is 1. The molecule has 0 saturated carbocycles. The van der Waals surface area contributed by atoms with Gasteiger partial charge in [-0.1, -0.05) is 104 Å². The molecule has 2 aliphatic rings. The minimum absolute atomic E-state index is 0.0766. The van der Waals surface area contributed by atoms with Crippen molar-refractivity contribution in [3.8, 4) is 12.1 Å². The molecule has 1 amide bonds. The van der Waals surface area contributed by atoms with Gasteiger partial charge < -0.3 is 14.5 Å². The molecular weight excluding hydrogens is 668 g/mol. The molecule has 51 heavy (non-hydrogen) atoms. The molecule has 0 radical (unpaired) electrons. The van der Waals surface area contributed by atoms with Crippen molar-refractivity contribution in [1.29, 1.82) is 5.26 Å². The number of ether oxygens (including phenoxy) is 1. The molecule has 3 atom stereocenters. The van der Waals surface area contributed by atoms with Gasteiger partial charge in [0.25, 0.3) is 5.91 Å². The number of aromatic nitrogens is 2. The number of alkyl halides is 1. The normalized spacial score (nSPS) is 18.3. The number of halogens is 3. The molecule has 1 aromatic heterocycles. The van der Waals surface area contributed by atoms with E-state index in [0.717, 1.165) is 92.7 Å². The molecule has 2 aromatic rings. The number of benzene rings is 1. The molecule has 4 rings (SSSR count). The van der Waals surface area contributed by atoms with Crippen LogP contribution in [0, 0.1) is 22.7 Å². The van der Waals surface area contributed by atoms with Crippen LogP contribution in [0.3, 0.4) is 0 Å². The Morgan fingerprint density at radius 1 is 1.12 bits per heavy atom. The van der Waals surface area contributed by atoms with Crippen LogP contribution in [-0.4, -0.2) is 60.2 Å². The van der Waals surface area contributed by atoms with Gasteiger partial charge in [-0.3, -0.25) is 9.18 Å². The summed E-state index contributed by atoms with van der Waals surface area (Å²) < 4.78 is 30.0. The first-order valence-electron chi connectivity index (χ1n) is 19.1. The number of hydrogen-bond donors (Lipinski definition) is 0. The van der Waals surface area contributed by atoms with E-state index in [0.29, 0.717) is 38.8 Å². The zero-order valence-electron chi connectivity index (χ0n) is 32.2. The average Bonchev–Trinajstić information content (AvgIpc) is 3.16. The lowest BCUT2D eigenvalue weighted by Gasteiger charge is -2.42. The zero-order chi connectivity index (χ0) is 38.0. The monoisotopic (exact) mass is 729 g/mol. The molecule has 7 nitrogen and oxygen atoms in total. The molecule has 284 valence electrons. The van der Waals surface area contributed by atoms with Crippen molar-refractivity contribution in [2.24, 2.45) is 11.3 Å². The van der Waals surface area contributed by atoms with Crippen LogP contribution in [0.25, 0.3) is 0 Å². The predicted molar refractivity (Wildman–Crippen MR) is 206 cm³/mol. The lowest BCUT2D eigenvalue weighted by molar-refractivity contribution is -0.131. The number of aryl methyl sites for hydroxylation is 1. The van der Waals surface area contributed by atoms with E-state index in [1.54, 1.807) is 0 Å². The highest BCUT2D eigenvalue weighted by molar-refractivity contribution is 6.31. The van der Waals surface area contributed by atoms with Crippen molar-refractivity contribution in [2.75, 3.05) is 38.3 Å². The highest BCUT2D eigenvalue weighted by Crippen LogP contribution is 2.43. The van der Waals surface area contributed by atoms with Crippen LogP contribution in [0.4, 0.5) is 14.6 Å². The van der Waals surface area contributed by atoms with Gasteiger partial charge in [-0.05, 0) is 62.5 Å². The van der Waals surface area contributed by atoms with Crippen molar-refractivity contribution in [2.45, 2.75) is 131 Å². The van der Waals surface area contributed by atoms with E-state index in [1.807, 2.05) is 32.0 Å². The minimum Gasteiger partial charge on any atom is -0.463 e. The second-order valence-corrected chi connectivity index (χ2v) is 14.0. The van der Waals surface area contributed by atoms with Crippen molar-refractivity contribution in [3.63, 3.8) is 0 Å². The maximum atomic E-state index is 13.9. The number of anilines is 1. The highest BCUT2D eigenvalue weighted by Gasteiger charge is 2.37. The molecule has 1 aliphatic carbocycles. The Labute approximate surface area is 311 Å². The standard InChI is InChI=1S/C38H53ClFN5O2.C2H6.CH3F/c1-6-9-20-38(8-3,21-10-7-2)26-47-37-42-34-27(4)29(15-16-30-13-11-12-14-33(30)39)17-18-32(34)35(43-37)44-23-24-45(36(46)28(5)40)31(25-44)19-22-41;2*1-2/h11-14,27,29,31H,5-10,15-21,23-26H2,1-4H3;1-2H3;1H3/t27-,29?,31?;;/m1../s1. The number of nitrogens with zero attached hydrogens (tertiary/aromatic N) is 5. The Hall–Kier alpha value is -3.25. The van der Waals surface area contributed by atoms with Crippen LogP contribution in [0.5, 0.6) is 6.01 Å². The Balaban J connectivity index is 0.00000217. The summed E-state index contributed by atoms with van der Waals surface area (Å²) >= 11 is 6.50. The molecule has 1 aromatic carbocycles. The van der Waals surface area contributed by atoms with Crippen molar-refractivity contribution >= 4 is 23.3 Å². The fourth-order valence-corrected chi connectivity index (χ4v) is 7.68. The molecule has 10 heteroatoms. The second kappa shape index (κ2) is 22.6. The van der Waals surface area contributed by atoms with Gasteiger partial charge in [0.05, 0.1) is 38.0 Å². The lowest BCUT2D eigenvalue weighted by Crippen LogP contribution is -2.55. The van der Waals surface area contributed by atoms with Gasteiger partial charge in [0.1, 0.15) is 5.82 Å². The SMILES string of the molecule is C=C(F)C(=O)N1CCN(c2nc(OCC(CC)(CCCC)CCCC)nc3c2CCC(CCc2ccccc2Cl)[C@H]3C)CC1CC#N.CC.CF. The summed E-state index contributed by atoms with van der Waals surface area (Å²) in [6.45, 7) is 17.9. The number of piperazine rings is 1. The maximum absolute atomic E-state index is 13.9. The van der Waals surface area contributed by atoms with Gasteiger partial charge in [-0.2, -0.15) is 15.2 Å². The van der Waals surface area contributed by atoms with E-state index in [4.69, 9.17) is 26.3 Å². The van der Waals surface area contributed by atoms with Crippen LogP contribution < -0.4 is 9.64 Å². The van der Waals surface area contributed by atoms with Crippen molar-refractivity contribution < 1.29 is 18.3 Å². The van der Waals surface area contributed by atoms with Crippen LogP contribution >= 0.6 is 11.6 Å². The Bertz CT molecular complexity index is 1410. The highest BCUT2D eigenvalue weighted by atomic mass is 35.5. The summed E-state index contributed by atoms with van der Waals surface area (Å²) in [7, 11) is 0.500. The second-order valence-electron chi connectivity index (χ2n) is 13.6. The number of unbranched alkanes of at least 4 members (excludes halogenated alkanes) is 2. The van der Waals surface area contributed by atoms with Gasteiger partial charge >= 0.3 is 6.01 Å². The summed E-state index contributed by atoms with van der Waals surface area (Å²) in [5, 5.41) is 10.4. The van der Waals surface area contributed by atoms with Gasteiger partial charge in [0, 0.05) is 41.6 Å². The molecule has 1 saturated heterocycles. The number of hydrogen-bond acceptors (Lipinski definition) is 6. The third kappa shape index (κ3) is 11.9. The Morgan fingerprint density at radius 3 is 2.37 bits per heavy atom. The summed E-state index contributed by atoms with van der Waals surface area (Å²) in [6.07, 6.45) is 11.7. The largest absolute Gasteiger partial charge is 0.463 e. The zero-order valence-corrected chi connectivity index (χ0v) is 33.0. The third-order valence-corrected chi connectivity index (χ3v) is 11.0. The molecular formula is C41H62ClF2N5O2. The summed E-state index contributed by atoms with van der Waals surface area (Å²) in [4.78, 5) is 26.4. The van der Waals surface area contributed by atoms with Gasteiger partial charge in [0.2, 0.25) is 0 Å². The summed E-state index contributed by atoms with van der Waals surface area (Å²) in [6, 6.07) is 10.2. The van der Waals surface area contributed by atoms with Crippen molar-refractivity contribution in [1.82, 2.24) is 14.9 Å². The van der Waals surface area contributed by atoms with Crippen LogP contribution in [0.2, 0.25) is 5.02 Å². The fourth-order valence-electron chi connectivity index (χ4n) is 7.45. The van der Waals surface area contributed by atoms with Crippen molar-refractivity contribution in [3.05, 3.63) is 58.5 Å². The van der Waals surface area contributed by atoms with E-state index < -0.39 is 17.8 Å². The fraction of sp³-hybridized carbons (Fsp3) is 0.659. The molecule has 0 N–H and O–H groups in total. The number of carbonyl (C=O) groups excluding carboxylic acids is 1. The quantitative estimate of drug-likeness (QED) is 0.160. The minimum atomic E-state index is -1.00. The van der Waals surface area contributed by atoms with Crippen LogP contribution in [-0.2, 0) is 17.6 Å². The van der Waals surface area contributed by atoms with Crippen LogP contribution in [0.1, 0.15) is 128 Å². The van der Waals surface area contributed by atoms with Gasteiger partial charge in [0.15, 0.2) is 5.83 Å².